The Morgan fingerprint density at radius 1 is 1.03 bits per heavy atom. The van der Waals surface area contributed by atoms with Crippen molar-refractivity contribution in [2.45, 2.75) is 37.1 Å². The fourth-order valence-electron chi connectivity index (χ4n) is 3.77. The molecule has 3 rings (SSSR count). The number of benzene rings is 2. The molecule has 11 heteroatoms. The fourth-order valence-corrected chi connectivity index (χ4v) is 5.84. The molecular weight excluding hydrogens is 643 g/mol. The van der Waals surface area contributed by atoms with Crippen molar-refractivity contribution in [3.63, 3.8) is 0 Å². The van der Waals surface area contributed by atoms with Gasteiger partial charge in [-0.1, -0.05) is 19.9 Å². The summed E-state index contributed by atoms with van der Waals surface area (Å²) in [5.74, 6) is 1.31. The van der Waals surface area contributed by atoms with Crippen molar-refractivity contribution in [1.82, 2.24) is 4.90 Å². The Kier molecular flexibility index (Phi) is 12.8. The molecule has 0 unspecified atom stereocenters. The molecule has 0 saturated carbocycles. The smallest absolute Gasteiger partial charge is 0.344 e. The maximum Gasteiger partial charge on any atom is 0.344 e. The number of fused-ring (bicyclic) bond motifs is 1. The second-order valence-electron chi connectivity index (χ2n) is 7.75. The van der Waals surface area contributed by atoms with Crippen LogP contribution >= 0.6 is 59.3 Å². The maximum absolute atomic E-state index is 13.3. The highest BCUT2D eigenvalue weighted by atomic mass is 127. The fraction of sp³-hybridized carbons (Fsp3) is 0.385. The molecular formula is C26H31IN2O5S3. The molecule has 37 heavy (non-hydrogen) atoms. The molecule has 0 aromatic heterocycles. The van der Waals surface area contributed by atoms with E-state index in [1.807, 2.05) is 26.2 Å². The Bertz CT molecular complexity index is 1150. The van der Waals surface area contributed by atoms with E-state index in [2.05, 4.69) is 0 Å². The molecule has 0 spiro atoms. The summed E-state index contributed by atoms with van der Waals surface area (Å²) < 4.78 is 10.8. The third-order valence-corrected chi connectivity index (χ3v) is 7.82. The largest absolute Gasteiger partial charge is 0.480 e. The number of nitrogens with one attached hydrogen (secondary N) is 1. The highest BCUT2D eigenvalue weighted by Crippen LogP contribution is 2.40. The number of amides is 1. The summed E-state index contributed by atoms with van der Waals surface area (Å²) in [6.45, 7) is 6.13. The van der Waals surface area contributed by atoms with Crippen molar-refractivity contribution in [2.75, 3.05) is 37.5 Å². The summed E-state index contributed by atoms with van der Waals surface area (Å²) in [5.41, 5.74) is 2.67. The lowest BCUT2D eigenvalue weighted by Crippen LogP contribution is -2.30. The number of ketones is 1. The van der Waals surface area contributed by atoms with Gasteiger partial charge in [0.15, 0.2) is 12.4 Å². The van der Waals surface area contributed by atoms with Crippen molar-refractivity contribution < 1.29 is 23.9 Å². The zero-order valence-corrected chi connectivity index (χ0v) is 26.0. The molecule has 0 fully saturated rings. The Hall–Kier alpha value is -1.70. The quantitative estimate of drug-likeness (QED) is 0.0732. The molecule has 2 aromatic carbocycles. The Morgan fingerprint density at radius 3 is 2.24 bits per heavy atom. The third kappa shape index (κ3) is 7.90. The van der Waals surface area contributed by atoms with Crippen LogP contribution in [0.15, 0.2) is 40.1 Å². The SMILES string of the molecule is CCOC(=O)COc1c(SCC)cc(C(=O)CN2Cc3cc(C(=N)SC)ccc3C2=O)cc1SCC.I. The van der Waals surface area contributed by atoms with Crippen molar-refractivity contribution in [1.29, 1.82) is 5.41 Å². The van der Waals surface area contributed by atoms with E-state index in [1.165, 1.54) is 35.3 Å². The Morgan fingerprint density at radius 2 is 1.68 bits per heavy atom. The van der Waals surface area contributed by atoms with Crippen LogP contribution in [0.2, 0.25) is 0 Å². The van der Waals surface area contributed by atoms with Crippen LogP contribution < -0.4 is 4.74 Å². The monoisotopic (exact) mass is 674 g/mol. The number of ether oxygens (including phenoxy) is 2. The van der Waals surface area contributed by atoms with Crippen LogP contribution in [0.5, 0.6) is 5.75 Å². The van der Waals surface area contributed by atoms with Gasteiger partial charge in [-0.25, -0.2) is 4.79 Å². The number of rotatable bonds is 12. The summed E-state index contributed by atoms with van der Waals surface area (Å²) in [7, 11) is 0. The zero-order valence-electron chi connectivity index (χ0n) is 21.3. The predicted octanol–water partition coefficient (Wildman–Crippen LogP) is 6.00. The lowest BCUT2D eigenvalue weighted by atomic mass is 10.1. The molecule has 7 nitrogen and oxygen atoms in total. The van der Waals surface area contributed by atoms with Crippen LogP contribution in [0.25, 0.3) is 0 Å². The molecule has 200 valence electrons. The van der Waals surface area contributed by atoms with Crippen molar-refractivity contribution in [3.8, 4) is 5.75 Å². The highest BCUT2D eigenvalue weighted by molar-refractivity contribution is 14.0. The number of esters is 1. The van der Waals surface area contributed by atoms with Crippen molar-refractivity contribution >= 4 is 82.0 Å². The average molecular weight is 675 g/mol. The van der Waals surface area contributed by atoms with Crippen LogP contribution in [0.1, 0.15) is 52.6 Å². The second-order valence-corrected chi connectivity index (χ2v) is 11.2. The van der Waals surface area contributed by atoms with E-state index >= 15 is 0 Å². The van der Waals surface area contributed by atoms with Crippen molar-refractivity contribution in [3.05, 3.63) is 52.6 Å². The summed E-state index contributed by atoms with van der Waals surface area (Å²) >= 11 is 4.41. The molecule has 0 bridgehead atoms. The lowest BCUT2D eigenvalue weighted by molar-refractivity contribution is -0.145. The van der Waals surface area contributed by atoms with Gasteiger partial charge in [0.1, 0.15) is 5.75 Å². The van der Waals surface area contributed by atoms with Gasteiger partial charge in [0.25, 0.3) is 5.91 Å². The number of thioether (sulfide) groups is 3. The normalized spacial score (nSPS) is 12.1. The summed E-state index contributed by atoms with van der Waals surface area (Å²) in [5, 5.41) is 8.47. The van der Waals surface area contributed by atoms with Crippen LogP contribution in [0, 0.1) is 5.41 Å². The van der Waals surface area contributed by atoms with Gasteiger partial charge in [0.2, 0.25) is 0 Å². The van der Waals surface area contributed by atoms with E-state index < -0.39 is 5.97 Å². The molecule has 0 aliphatic carbocycles. The van der Waals surface area contributed by atoms with E-state index in [0.717, 1.165) is 32.4 Å². The minimum Gasteiger partial charge on any atom is -0.480 e. The first-order chi connectivity index (χ1) is 17.3. The maximum atomic E-state index is 13.3. The minimum absolute atomic E-state index is 0. The van der Waals surface area contributed by atoms with E-state index in [0.29, 0.717) is 28.5 Å². The number of carbonyl (C=O) groups is 3. The number of nitrogens with zero attached hydrogens (tertiary/aromatic N) is 1. The standard InChI is InChI=1S/C26H30N2O5S3.HI/c1-5-32-23(30)15-33-24-21(35-6-2)11-17(12-22(24)36-7-3)20(29)14-28-13-18-10-16(25(27)34-4)8-9-19(18)26(28)31;/h8-12,27H,5-7,13-15H2,1-4H3;1H. The molecule has 1 aliphatic rings. The number of carbonyl (C=O) groups excluding carboxylic acids is 3. The van der Waals surface area contributed by atoms with E-state index in [4.69, 9.17) is 14.9 Å². The summed E-state index contributed by atoms with van der Waals surface area (Å²) in [6, 6.07) is 8.94. The zero-order chi connectivity index (χ0) is 26.2. The topological polar surface area (TPSA) is 96.8 Å². The van der Waals surface area contributed by atoms with Crippen LogP contribution in [-0.2, 0) is 16.1 Å². The first-order valence-electron chi connectivity index (χ1n) is 11.6. The second kappa shape index (κ2) is 15.0. The van der Waals surface area contributed by atoms with Gasteiger partial charge in [-0.15, -0.1) is 59.3 Å². The van der Waals surface area contributed by atoms with Gasteiger partial charge < -0.3 is 14.4 Å². The molecule has 0 atom stereocenters. The van der Waals surface area contributed by atoms with E-state index in [-0.39, 0.29) is 55.4 Å². The third-order valence-electron chi connectivity index (χ3n) is 5.37. The van der Waals surface area contributed by atoms with Crippen molar-refractivity contribution in [2.24, 2.45) is 0 Å². The average Bonchev–Trinajstić information content (AvgIpc) is 3.17. The van der Waals surface area contributed by atoms with Gasteiger partial charge in [-0.3, -0.25) is 15.0 Å². The van der Waals surface area contributed by atoms with E-state index in [1.54, 1.807) is 36.1 Å². The van der Waals surface area contributed by atoms with Gasteiger partial charge in [-0.05, 0) is 54.5 Å². The number of Topliss-reactive ketones (excluding diaryl/α,β-unsaturated/α-hetero) is 1. The summed E-state index contributed by atoms with van der Waals surface area (Å²) in [6.07, 6.45) is 1.84. The lowest BCUT2D eigenvalue weighted by Gasteiger charge is -2.18. The molecule has 1 N–H and O–H groups in total. The van der Waals surface area contributed by atoms with Gasteiger partial charge in [-0.2, -0.15) is 0 Å². The predicted molar refractivity (Wildman–Crippen MR) is 163 cm³/mol. The first-order valence-corrected chi connectivity index (χ1v) is 14.8. The van der Waals surface area contributed by atoms with Gasteiger partial charge >= 0.3 is 5.97 Å². The number of hydrogen-bond donors (Lipinski definition) is 1. The van der Waals surface area contributed by atoms with Crippen LogP contribution in [0.3, 0.4) is 0 Å². The molecule has 0 saturated heterocycles. The summed E-state index contributed by atoms with van der Waals surface area (Å²) in [4.78, 5) is 41.2. The van der Waals surface area contributed by atoms with E-state index in [9.17, 15) is 14.4 Å². The Labute approximate surface area is 247 Å². The molecule has 1 amide bonds. The number of halogens is 1. The van der Waals surface area contributed by atoms with Gasteiger partial charge in [0.05, 0.1) is 28.0 Å². The first kappa shape index (κ1) is 31.5. The molecule has 1 aliphatic heterocycles. The van der Waals surface area contributed by atoms with Crippen LogP contribution in [-0.4, -0.2) is 65.1 Å². The molecule has 1 heterocycles. The highest BCUT2D eigenvalue weighted by Gasteiger charge is 2.30. The molecule has 0 radical (unpaired) electrons. The Balaban J connectivity index is 0.00000481. The minimum atomic E-state index is -0.444. The van der Waals surface area contributed by atoms with Gasteiger partial charge in [0, 0.05) is 23.2 Å². The number of hydrogen-bond acceptors (Lipinski definition) is 9. The van der Waals surface area contributed by atoms with Crippen LogP contribution in [0.4, 0.5) is 0 Å². The molecule has 2 aromatic rings.